The first-order chi connectivity index (χ1) is 10.3. The molecule has 0 spiro atoms. The molecule has 0 amide bonds. The maximum Gasteiger partial charge on any atom is 0.166 e. The summed E-state index contributed by atoms with van der Waals surface area (Å²) in [5.41, 5.74) is 2.27. The molecular formula is C15H13BrN4S. The van der Waals surface area contributed by atoms with E-state index < -0.39 is 0 Å². The van der Waals surface area contributed by atoms with Gasteiger partial charge in [-0.15, -0.1) is 16.9 Å². The van der Waals surface area contributed by atoms with Gasteiger partial charge in [0.15, 0.2) is 5.82 Å². The number of para-hydroxylation sites is 1. The van der Waals surface area contributed by atoms with Crippen LogP contribution in [0.4, 0.5) is 0 Å². The highest BCUT2D eigenvalue weighted by Crippen LogP contribution is 2.20. The van der Waals surface area contributed by atoms with Crippen molar-refractivity contribution < 1.29 is 0 Å². The van der Waals surface area contributed by atoms with E-state index in [-0.39, 0.29) is 0 Å². The molecule has 0 bridgehead atoms. The molecule has 3 rings (SSSR count). The maximum atomic E-state index is 4.11. The summed E-state index contributed by atoms with van der Waals surface area (Å²) in [7, 11) is 0. The summed E-state index contributed by atoms with van der Waals surface area (Å²) in [5.74, 6) is 2.57. The van der Waals surface area contributed by atoms with E-state index in [4.69, 9.17) is 0 Å². The number of hydrogen-bond donors (Lipinski definition) is 0. The van der Waals surface area contributed by atoms with Gasteiger partial charge in [0, 0.05) is 10.2 Å². The van der Waals surface area contributed by atoms with Crippen molar-refractivity contribution in [3.05, 3.63) is 70.5 Å². The summed E-state index contributed by atoms with van der Waals surface area (Å²) < 4.78 is 2.89. The van der Waals surface area contributed by atoms with E-state index in [1.54, 1.807) is 16.4 Å². The van der Waals surface area contributed by atoms with Crippen molar-refractivity contribution in [3.8, 4) is 5.69 Å². The van der Waals surface area contributed by atoms with Crippen LogP contribution < -0.4 is 0 Å². The van der Waals surface area contributed by atoms with Crippen LogP contribution in [0.15, 0.2) is 59.1 Å². The average Bonchev–Trinajstić information content (AvgIpc) is 2.97. The second-order valence-corrected chi connectivity index (χ2v) is 6.37. The fourth-order valence-corrected chi connectivity index (χ4v) is 3.28. The van der Waals surface area contributed by atoms with Crippen molar-refractivity contribution >= 4 is 27.7 Å². The van der Waals surface area contributed by atoms with Crippen LogP contribution in [0.2, 0.25) is 0 Å². The molecule has 1 heterocycles. The molecular weight excluding hydrogens is 348 g/mol. The Morgan fingerprint density at radius 2 is 1.86 bits per heavy atom. The van der Waals surface area contributed by atoms with E-state index in [0.717, 1.165) is 27.5 Å². The zero-order chi connectivity index (χ0) is 14.5. The number of benzene rings is 2. The first-order valence-corrected chi connectivity index (χ1v) is 8.42. The van der Waals surface area contributed by atoms with Crippen LogP contribution in [-0.2, 0) is 11.5 Å². The molecule has 0 aliphatic heterocycles. The highest BCUT2D eigenvalue weighted by molar-refractivity contribution is 9.10. The summed E-state index contributed by atoms with van der Waals surface area (Å²) in [6, 6.07) is 18.3. The van der Waals surface area contributed by atoms with Gasteiger partial charge in [-0.05, 0) is 40.3 Å². The second-order valence-electron chi connectivity index (χ2n) is 4.47. The number of halogens is 1. The molecule has 0 aliphatic rings. The van der Waals surface area contributed by atoms with Crippen LogP contribution in [0.5, 0.6) is 0 Å². The molecule has 106 valence electrons. The van der Waals surface area contributed by atoms with Crippen molar-refractivity contribution in [2.24, 2.45) is 0 Å². The Balaban J connectivity index is 1.66. The lowest BCUT2D eigenvalue weighted by Crippen LogP contribution is -2.01. The zero-order valence-corrected chi connectivity index (χ0v) is 13.6. The Morgan fingerprint density at radius 3 is 2.67 bits per heavy atom. The highest BCUT2D eigenvalue weighted by Gasteiger charge is 2.07. The minimum absolute atomic E-state index is 0.772. The predicted octanol–water partition coefficient (Wildman–Crippen LogP) is 3.86. The predicted molar refractivity (Wildman–Crippen MR) is 88.3 cm³/mol. The molecule has 6 heteroatoms. The molecule has 0 fully saturated rings. The average molecular weight is 361 g/mol. The SMILES string of the molecule is Brc1cccc(CSCc2nnnn2-c2ccccc2)c1. The Morgan fingerprint density at radius 1 is 1.00 bits per heavy atom. The third kappa shape index (κ3) is 3.71. The molecule has 0 radical (unpaired) electrons. The number of aromatic nitrogens is 4. The molecule has 4 nitrogen and oxygen atoms in total. The van der Waals surface area contributed by atoms with E-state index in [0.29, 0.717) is 0 Å². The number of tetrazole rings is 1. The third-order valence-electron chi connectivity index (χ3n) is 2.92. The Labute approximate surface area is 135 Å². The molecule has 0 atom stereocenters. The largest absolute Gasteiger partial charge is 0.196 e. The quantitative estimate of drug-likeness (QED) is 0.692. The van der Waals surface area contributed by atoms with Crippen molar-refractivity contribution in [1.82, 2.24) is 20.2 Å². The van der Waals surface area contributed by atoms with Gasteiger partial charge in [0.2, 0.25) is 0 Å². The molecule has 0 aliphatic carbocycles. The van der Waals surface area contributed by atoms with Crippen LogP contribution in [0.3, 0.4) is 0 Å². The summed E-state index contributed by atoms with van der Waals surface area (Å²) in [6.45, 7) is 0. The van der Waals surface area contributed by atoms with Gasteiger partial charge in [0.1, 0.15) is 0 Å². The van der Waals surface area contributed by atoms with Gasteiger partial charge in [-0.2, -0.15) is 4.68 Å². The van der Waals surface area contributed by atoms with Gasteiger partial charge in [0.25, 0.3) is 0 Å². The smallest absolute Gasteiger partial charge is 0.166 e. The summed E-state index contributed by atoms with van der Waals surface area (Å²) in [5, 5.41) is 12.0. The topological polar surface area (TPSA) is 43.6 Å². The molecule has 0 unspecified atom stereocenters. The first-order valence-electron chi connectivity index (χ1n) is 6.48. The number of hydrogen-bond acceptors (Lipinski definition) is 4. The molecule has 0 saturated heterocycles. The zero-order valence-electron chi connectivity index (χ0n) is 11.2. The van der Waals surface area contributed by atoms with Crippen molar-refractivity contribution in [2.45, 2.75) is 11.5 Å². The highest BCUT2D eigenvalue weighted by atomic mass is 79.9. The second kappa shape index (κ2) is 6.87. The lowest BCUT2D eigenvalue weighted by atomic mass is 10.2. The van der Waals surface area contributed by atoms with Crippen LogP contribution in [0.1, 0.15) is 11.4 Å². The summed E-state index contributed by atoms with van der Waals surface area (Å²) in [6.07, 6.45) is 0. The molecule has 1 aromatic heterocycles. The fourth-order valence-electron chi connectivity index (χ4n) is 1.95. The minimum atomic E-state index is 0.772. The van der Waals surface area contributed by atoms with Crippen molar-refractivity contribution in [3.63, 3.8) is 0 Å². The first kappa shape index (κ1) is 14.3. The Kier molecular flexibility index (Phi) is 4.67. The van der Waals surface area contributed by atoms with Gasteiger partial charge in [-0.1, -0.05) is 46.3 Å². The van der Waals surface area contributed by atoms with Gasteiger partial charge >= 0.3 is 0 Å². The van der Waals surface area contributed by atoms with Crippen molar-refractivity contribution in [1.29, 1.82) is 0 Å². The number of rotatable bonds is 5. The molecule has 3 aromatic rings. The number of nitrogens with zero attached hydrogens (tertiary/aromatic N) is 4. The normalized spacial score (nSPS) is 10.7. The molecule has 21 heavy (non-hydrogen) atoms. The Bertz CT molecular complexity index is 714. The maximum absolute atomic E-state index is 4.11. The van der Waals surface area contributed by atoms with E-state index >= 15 is 0 Å². The van der Waals surface area contributed by atoms with Gasteiger partial charge < -0.3 is 0 Å². The summed E-state index contributed by atoms with van der Waals surface area (Å²) >= 11 is 5.29. The van der Waals surface area contributed by atoms with Crippen LogP contribution in [0, 0.1) is 0 Å². The van der Waals surface area contributed by atoms with Gasteiger partial charge in [-0.25, -0.2) is 0 Å². The van der Waals surface area contributed by atoms with Crippen LogP contribution >= 0.6 is 27.7 Å². The van der Waals surface area contributed by atoms with Crippen molar-refractivity contribution in [2.75, 3.05) is 0 Å². The monoisotopic (exact) mass is 360 g/mol. The summed E-state index contributed by atoms with van der Waals surface area (Å²) in [4.78, 5) is 0. The van der Waals surface area contributed by atoms with E-state index in [1.807, 2.05) is 42.5 Å². The number of thioether (sulfide) groups is 1. The van der Waals surface area contributed by atoms with E-state index in [2.05, 4.69) is 43.6 Å². The molecule has 0 saturated carbocycles. The van der Waals surface area contributed by atoms with Gasteiger partial charge in [0.05, 0.1) is 11.4 Å². The van der Waals surface area contributed by atoms with Crippen LogP contribution in [-0.4, -0.2) is 20.2 Å². The Hall–Kier alpha value is -1.66. The fraction of sp³-hybridized carbons (Fsp3) is 0.133. The lowest BCUT2D eigenvalue weighted by Gasteiger charge is -2.04. The van der Waals surface area contributed by atoms with E-state index in [9.17, 15) is 0 Å². The van der Waals surface area contributed by atoms with E-state index in [1.165, 1.54) is 5.56 Å². The van der Waals surface area contributed by atoms with Crippen LogP contribution in [0.25, 0.3) is 5.69 Å². The molecule has 2 aromatic carbocycles. The molecule has 0 N–H and O–H groups in total. The van der Waals surface area contributed by atoms with Gasteiger partial charge in [-0.3, -0.25) is 0 Å². The standard InChI is InChI=1S/C15H13BrN4S/c16-13-6-4-5-12(9-13)10-21-11-15-17-18-19-20(15)14-7-2-1-3-8-14/h1-9H,10-11H2. The minimum Gasteiger partial charge on any atom is -0.196 e. The lowest BCUT2D eigenvalue weighted by molar-refractivity contribution is 0.777. The third-order valence-corrected chi connectivity index (χ3v) is 4.42.